The summed E-state index contributed by atoms with van der Waals surface area (Å²) in [5, 5.41) is 13.1. The van der Waals surface area contributed by atoms with Gasteiger partial charge in [-0.3, -0.25) is 29.9 Å². The second-order valence-electron chi connectivity index (χ2n) is 5.87. The first-order valence-corrected chi connectivity index (χ1v) is 8.68. The van der Waals surface area contributed by atoms with Crippen molar-refractivity contribution >= 4 is 34.0 Å². The van der Waals surface area contributed by atoms with Gasteiger partial charge in [-0.15, -0.1) is 11.3 Å². The van der Waals surface area contributed by atoms with E-state index in [1.165, 1.54) is 17.4 Å². The topological polar surface area (TPSA) is 127 Å². The summed E-state index contributed by atoms with van der Waals surface area (Å²) in [5.41, 5.74) is 2.03. The lowest BCUT2D eigenvalue weighted by atomic mass is 10.1. The fraction of sp³-hybridized carbons (Fsp3) is 0.188. The maximum Gasteiger partial charge on any atom is 0.335 e. The van der Waals surface area contributed by atoms with Crippen molar-refractivity contribution in [2.24, 2.45) is 0 Å². The predicted molar refractivity (Wildman–Crippen MR) is 95.5 cm³/mol. The van der Waals surface area contributed by atoms with Crippen LogP contribution in [0.4, 0.5) is 5.69 Å². The van der Waals surface area contributed by atoms with Crippen LogP contribution < -0.4 is 16.5 Å². The van der Waals surface area contributed by atoms with Gasteiger partial charge >= 0.3 is 11.1 Å². The van der Waals surface area contributed by atoms with Gasteiger partial charge in [0, 0.05) is 11.6 Å². The first-order chi connectivity index (χ1) is 12.5. The van der Waals surface area contributed by atoms with E-state index in [-0.39, 0.29) is 11.2 Å². The quantitative estimate of drug-likeness (QED) is 0.409. The highest BCUT2D eigenvalue weighted by Crippen LogP contribution is 2.35. The van der Waals surface area contributed by atoms with E-state index in [0.29, 0.717) is 34.4 Å². The number of benzene rings is 1. The number of aromatic nitrogens is 2. The van der Waals surface area contributed by atoms with E-state index in [1.54, 1.807) is 17.5 Å². The average Bonchev–Trinajstić information content (AvgIpc) is 3.29. The molecular weight excluding hydrogens is 360 g/mol. The van der Waals surface area contributed by atoms with Gasteiger partial charge in [-0.1, -0.05) is 6.07 Å². The molecule has 4 rings (SSSR count). The Bertz CT molecular complexity index is 1180. The fourth-order valence-corrected chi connectivity index (χ4v) is 3.89. The number of nitrogens with zero attached hydrogens (tertiary/aromatic N) is 2. The lowest BCUT2D eigenvalue weighted by molar-refractivity contribution is -0.385. The maximum absolute atomic E-state index is 12.3. The molecule has 0 saturated heterocycles. The normalized spacial score (nSPS) is 12.9. The Labute approximate surface area is 149 Å². The van der Waals surface area contributed by atoms with Crippen LogP contribution in [0.25, 0.3) is 11.0 Å². The first-order valence-electron chi connectivity index (χ1n) is 7.80. The lowest BCUT2D eigenvalue weighted by Gasteiger charge is -2.13. The van der Waals surface area contributed by atoms with E-state index in [4.69, 9.17) is 0 Å². The van der Waals surface area contributed by atoms with Crippen molar-refractivity contribution in [3.63, 3.8) is 0 Å². The first kappa shape index (κ1) is 16.2. The van der Waals surface area contributed by atoms with E-state index in [9.17, 15) is 24.5 Å². The van der Waals surface area contributed by atoms with Gasteiger partial charge in [0.05, 0.1) is 20.8 Å². The van der Waals surface area contributed by atoms with Crippen LogP contribution in [0.15, 0.2) is 33.2 Å². The van der Waals surface area contributed by atoms with Crippen molar-refractivity contribution in [1.82, 2.24) is 9.66 Å². The smallest absolute Gasteiger partial charge is 0.316 e. The standard InChI is InChI=1S/C16H12N4O5S/c21-14(12-5-2-6-26-12)18-19-11-7-10(20(24)25)8-3-1-4-9(8)13(11)17-15(22)16(19)23/h2,5-7H,1,3-4H2,(H,17,22)(H,18,21). The number of thiophene rings is 1. The Hall–Kier alpha value is -3.27. The number of fused-ring (bicyclic) bond motifs is 3. The molecule has 9 nitrogen and oxygen atoms in total. The summed E-state index contributed by atoms with van der Waals surface area (Å²) in [7, 11) is 0. The minimum absolute atomic E-state index is 0.104. The van der Waals surface area contributed by atoms with E-state index in [0.717, 1.165) is 11.1 Å². The summed E-state index contributed by atoms with van der Waals surface area (Å²) in [6.45, 7) is 0. The number of aromatic amines is 1. The SMILES string of the molecule is O=C(Nn1c(=O)c(=O)[nH]c2c3c(c([N+](=O)[O-])cc21)CCC3)c1cccs1. The number of nitrogens with one attached hydrogen (secondary N) is 2. The molecule has 1 aromatic carbocycles. The molecule has 0 aliphatic heterocycles. The van der Waals surface area contributed by atoms with Crippen LogP contribution >= 0.6 is 11.3 Å². The van der Waals surface area contributed by atoms with E-state index < -0.39 is 21.9 Å². The summed E-state index contributed by atoms with van der Waals surface area (Å²) in [6, 6.07) is 4.47. The summed E-state index contributed by atoms with van der Waals surface area (Å²) in [4.78, 5) is 50.5. The van der Waals surface area contributed by atoms with Crippen molar-refractivity contribution in [1.29, 1.82) is 0 Å². The molecule has 1 amide bonds. The number of hydrogen-bond donors (Lipinski definition) is 2. The molecule has 0 bridgehead atoms. The van der Waals surface area contributed by atoms with Crippen LogP contribution in [0.2, 0.25) is 0 Å². The monoisotopic (exact) mass is 372 g/mol. The molecule has 0 atom stereocenters. The number of hydrogen-bond acceptors (Lipinski definition) is 6. The molecule has 1 aliphatic rings. The third kappa shape index (κ3) is 2.42. The van der Waals surface area contributed by atoms with Crippen molar-refractivity contribution in [3.05, 3.63) is 70.4 Å². The van der Waals surface area contributed by atoms with Gasteiger partial charge < -0.3 is 4.98 Å². The van der Waals surface area contributed by atoms with Gasteiger partial charge in [-0.2, -0.15) is 0 Å². The summed E-state index contributed by atoms with van der Waals surface area (Å²) in [6.07, 6.45) is 1.81. The lowest BCUT2D eigenvalue weighted by Crippen LogP contribution is -2.42. The Balaban J connectivity index is 2.00. The molecule has 0 saturated carbocycles. The van der Waals surface area contributed by atoms with Gasteiger partial charge in [0.2, 0.25) is 0 Å². The molecule has 1 aliphatic carbocycles. The molecule has 0 spiro atoms. The van der Waals surface area contributed by atoms with E-state index in [2.05, 4.69) is 10.4 Å². The van der Waals surface area contributed by atoms with Crippen molar-refractivity contribution in [2.75, 3.05) is 5.43 Å². The van der Waals surface area contributed by atoms with Crippen LogP contribution in [0, 0.1) is 10.1 Å². The molecule has 0 unspecified atom stereocenters. The highest BCUT2D eigenvalue weighted by molar-refractivity contribution is 7.12. The van der Waals surface area contributed by atoms with Gasteiger partial charge in [-0.05, 0) is 36.3 Å². The molecule has 132 valence electrons. The minimum Gasteiger partial charge on any atom is -0.316 e. The van der Waals surface area contributed by atoms with Crippen molar-refractivity contribution < 1.29 is 9.72 Å². The van der Waals surface area contributed by atoms with Gasteiger partial charge in [-0.25, -0.2) is 4.68 Å². The van der Waals surface area contributed by atoms with Crippen LogP contribution in [0.1, 0.15) is 27.2 Å². The molecular formula is C16H12N4O5S. The predicted octanol–water partition coefficient (Wildman–Crippen LogP) is 1.53. The second-order valence-corrected chi connectivity index (χ2v) is 6.82. The Morgan fingerprint density at radius 3 is 2.77 bits per heavy atom. The molecule has 0 radical (unpaired) electrons. The number of H-pyrrole nitrogens is 1. The zero-order chi connectivity index (χ0) is 18.4. The van der Waals surface area contributed by atoms with E-state index in [1.807, 2.05) is 0 Å². The number of amides is 1. The number of aryl methyl sites for hydroxylation is 1. The van der Waals surface area contributed by atoms with Gasteiger partial charge in [0.1, 0.15) is 0 Å². The van der Waals surface area contributed by atoms with Gasteiger partial charge in [0.15, 0.2) is 0 Å². The Morgan fingerprint density at radius 1 is 1.31 bits per heavy atom. The average molecular weight is 372 g/mol. The van der Waals surface area contributed by atoms with E-state index >= 15 is 0 Å². The third-order valence-corrected chi connectivity index (χ3v) is 5.26. The van der Waals surface area contributed by atoms with Crippen LogP contribution in [-0.4, -0.2) is 20.5 Å². The highest BCUT2D eigenvalue weighted by atomic mass is 32.1. The number of nitro benzene ring substituents is 1. The Morgan fingerprint density at radius 2 is 2.08 bits per heavy atom. The van der Waals surface area contributed by atoms with Crippen LogP contribution in [0.5, 0.6) is 0 Å². The molecule has 10 heteroatoms. The molecule has 2 aromatic heterocycles. The zero-order valence-corrected chi connectivity index (χ0v) is 14.1. The number of carbonyl (C=O) groups is 1. The largest absolute Gasteiger partial charge is 0.335 e. The highest BCUT2D eigenvalue weighted by Gasteiger charge is 2.27. The summed E-state index contributed by atoms with van der Waals surface area (Å²) >= 11 is 1.17. The van der Waals surface area contributed by atoms with Gasteiger partial charge in [0.25, 0.3) is 11.6 Å². The molecule has 2 heterocycles. The molecule has 2 N–H and O–H groups in total. The maximum atomic E-state index is 12.3. The third-order valence-electron chi connectivity index (χ3n) is 4.39. The van der Waals surface area contributed by atoms with Crippen molar-refractivity contribution in [3.8, 4) is 0 Å². The number of rotatable bonds is 3. The number of nitro groups is 1. The number of carbonyl (C=O) groups excluding carboxylic acids is 1. The summed E-state index contributed by atoms with van der Waals surface area (Å²) < 4.78 is 0.793. The fourth-order valence-electron chi connectivity index (χ4n) is 3.28. The molecule has 26 heavy (non-hydrogen) atoms. The molecule has 0 fully saturated rings. The summed E-state index contributed by atoms with van der Waals surface area (Å²) in [5.74, 6) is -0.572. The second kappa shape index (κ2) is 5.92. The minimum atomic E-state index is -1.00. The van der Waals surface area contributed by atoms with Crippen LogP contribution in [-0.2, 0) is 12.8 Å². The zero-order valence-electron chi connectivity index (χ0n) is 13.3. The Kier molecular flexibility index (Phi) is 3.69. The van der Waals surface area contributed by atoms with Crippen molar-refractivity contribution in [2.45, 2.75) is 19.3 Å². The van der Waals surface area contributed by atoms with Crippen LogP contribution in [0.3, 0.4) is 0 Å². The molecule has 3 aromatic rings.